The number of benzene rings is 2. The summed E-state index contributed by atoms with van der Waals surface area (Å²) >= 11 is 0. The lowest BCUT2D eigenvalue weighted by Gasteiger charge is -2.23. The summed E-state index contributed by atoms with van der Waals surface area (Å²) in [7, 11) is 1.95. The van der Waals surface area contributed by atoms with Crippen molar-refractivity contribution in [2.75, 3.05) is 25.2 Å². The smallest absolute Gasteiger partial charge is 0.344 e. The molecule has 1 heterocycles. The molecule has 0 saturated carbocycles. The van der Waals surface area contributed by atoms with E-state index >= 15 is 0 Å². The fourth-order valence-corrected chi connectivity index (χ4v) is 4.03. The number of carbonyl (C=O) groups excluding carboxylic acids is 2. The van der Waals surface area contributed by atoms with Crippen LogP contribution >= 0.6 is 0 Å². The maximum absolute atomic E-state index is 12.5. The van der Waals surface area contributed by atoms with Crippen LogP contribution in [-0.2, 0) is 19.7 Å². The molecule has 0 aliphatic carbocycles. The highest BCUT2D eigenvalue weighted by atomic mass is 16.6. The molecule has 0 bridgehead atoms. The van der Waals surface area contributed by atoms with Gasteiger partial charge in [0.25, 0.3) is 0 Å². The van der Waals surface area contributed by atoms with Crippen LogP contribution in [0.2, 0.25) is 0 Å². The normalized spacial score (nSPS) is 15.8. The summed E-state index contributed by atoms with van der Waals surface area (Å²) in [6.45, 7) is 9.75. The van der Waals surface area contributed by atoms with Crippen LogP contribution in [0.25, 0.3) is 0 Å². The number of hydrogen-bond acceptors (Lipinski definition) is 5. The Morgan fingerprint density at radius 3 is 2.48 bits per heavy atom. The van der Waals surface area contributed by atoms with Crippen molar-refractivity contribution in [1.82, 2.24) is 0 Å². The van der Waals surface area contributed by atoms with Crippen molar-refractivity contribution in [3.8, 4) is 5.75 Å². The molecule has 5 nitrogen and oxygen atoms in total. The Morgan fingerprint density at radius 1 is 1.10 bits per heavy atom. The van der Waals surface area contributed by atoms with Crippen molar-refractivity contribution in [2.45, 2.75) is 46.0 Å². The minimum atomic E-state index is -0.565. The Balaban J connectivity index is 1.59. The van der Waals surface area contributed by atoms with Crippen LogP contribution in [0, 0.1) is 6.92 Å². The Morgan fingerprint density at radius 2 is 1.81 bits per heavy atom. The molecule has 31 heavy (non-hydrogen) atoms. The molecule has 0 atom stereocenters. The molecule has 0 aromatic heterocycles. The largest absolute Gasteiger partial charge is 0.482 e. The summed E-state index contributed by atoms with van der Waals surface area (Å²) in [6, 6.07) is 14.0. The van der Waals surface area contributed by atoms with Crippen LogP contribution < -0.4 is 9.64 Å². The predicted molar refractivity (Wildman–Crippen MR) is 123 cm³/mol. The molecule has 1 aliphatic heterocycles. The summed E-state index contributed by atoms with van der Waals surface area (Å²) < 4.78 is 10.9. The van der Waals surface area contributed by atoms with Crippen LogP contribution in [0.15, 0.2) is 54.2 Å². The first-order chi connectivity index (χ1) is 14.6. The highest BCUT2D eigenvalue weighted by molar-refractivity contribution is 5.94. The Bertz CT molecular complexity index is 1020. The molecule has 2 aromatic carbocycles. The van der Waals surface area contributed by atoms with Gasteiger partial charge in [0, 0.05) is 29.9 Å². The monoisotopic (exact) mass is 421 g/mol. The molecule has 0 N–H and O–H groups in total. The van der Waals surface area contributed by atoms with Crippen molar-refractivity contribution in [1.29, 1.82) is 0 Å². The van der Waals surface area contributed by atoms with Gasteiger partial charge in [0.05, 0.1) is 0 Å². The zero-order chi connectivity index (χ0) is 22.8. The van der Waals surface area contributed by atoms with Gasteiger partial charge in [0.15, 0.2) is 19.0 Å². The molecule has 2 aromatic rings. The van der Waals surface area contributed by atoms with E-state index in [1.807, 2.05) is 55.3 Å². The van der Waals surface area contributed by atoms with Crippen molar-refractivity contribution >= 4 is 17.4 Å². The molecule has 0 radical (unpaired) electrons. The Kier molecular flexibility index (Phi) is 6.54. The van der Waals surface area contributed by atoms with Gasteiger partial charge in [-0.05, 0) is 41.7 Å². The Labute approximate surface area is 184 Å². The minimum absolute atomic E-state index is 0.232. The highest BCUT2D eigenvalue weighted by Gasteiger charge is 2.38. The first-order valence-corrected chi connectivity index (χ1v) is 10.6. The average Bonchev–Trinajstić information content (AvgIpc) is 2.91. The van der Waals surface area contributed by atoms with E-state index in [2.05, 4.69) is 33.8 Å². The molecule has 164 valence electrons. The third kappa shape index (κ3) is 4.82. The van der Waals surface area contributed by atoms with Crippen LogP contribution in [0.1, 0.15) is 50.3 Å². The number of ketones is 1. The van der Waals surface area contributed by atoms with Crippen LogP contribution in [0.4, 0.5) is 5.69 Å². The first-order valence-electron chi connectivity index (χ1n) is 10.6. The van der Waals surface area contributed by atoms with E-state index in [-0.39, 0.29) is 30.3 Å². The molecule has 0 spiro atoms. The number of hydrogen-bond donors (Lipinski definition) is 0. The number of anilines is 1. The van der Waals surface area contributed by atoms with Crippen molar-refractivity contribution in [3.05, 3.63) is 70.9 Å². The number of ether oxygens (including phenoxy) is 2. The number of aryl methyl sites for hydroxylation is 1. The van der Waals surface area contributed by atoms with Gasteiger partial charge in [-0.2, -0.15) is 0 Å². The molecule has 0 unspecified atom stereocenters. The standard InChI is InChI=1S/C26H31NO4/c1-17(2)20-12-11-18(3)13-23(20)30-16-25(29)31-15-19(28)14-24-26(4,5)21-9-7-8-10-22(21)27(24)6/h7-14,17H,15-16H2,1-6H3. The van der Waals surface area contributed by atoms with Gasteiger partial charge in [-0.25, -0.2) is 4.79 Å². The zero-order valence-electron chi connectivity index (χ0n) is 19.2. The fourth-order valence-electron chi connectivity index (χ4n) is 4.03. The molecule has 1 aliphatic rings. The number of para-hydroxylation sites is 1. The summed E-state index contributed by atoms with van der Waals surface area (Å²) in [5, 5.41) is 0. The van der Waals surface area contributed by atoms with E-state index in [4.69, 9.17) is 9.47 Å². The molecule has 0 fully saturated rings. The lowest BCUT2D eigenvalue weighted by molar-refractivity contribution is -0.149. The van der Waals surface area contributed by atoms with Gasteiger partial charge in [0.1, 0.15) is 5.75 Å². The highest BCUT2D eigenvalue weighted by Crippen LogP contribution is 2.46. The summed E-state index contributed by atoms with van der Waals surface area (Å²) in [4.78, 5) is 26.7. The number of rotatable bonds is 7. The Hall–Kier alpha value is -3.08. The third-order valence-electron chi connectivity index (χ3n) is 5.75. The third-order valence-corrected chi connectivity index (χ3v) is 5.75. The van der Waals surface area contributed by atoms with Gasteiger partial charge in [-0.15, -0.1) is 0 Å². The van der Waals surface area contributed by atoms with E-state index in [0.717, 1.165) is 22.5 Å². The van der Waals surface area contributed by atoms with Crippen LogP contribution in [-0.4, -0.2) is 32.0 Å². The number of carbonyl (C=O) groups is 2. The summed E-state index contributed by atoms with van der Waals surface area (Å²) in [5.74, 6) is 0.128. The number of likely N-dealkylation sites (N-methyl/N-ethyl adjacent to an activating group) is 1. The second kappa shape index (κ2) is 8.96. The molecular formula is C26H31NO4. The van der Waals surface area contributed by atoms with Gasteiger partial charge in [-0.3, -0.25) is 4.79 Å². The van der Waals surface area contributed by atoms with Crippen molar-refractivity contribution in [2.24, 2.45) is 0 Å². The van der Waals surface area contributed by atoms with Gasteiger partial charge in [-0.1, -0.05) is 58.0 Å². The maximum Gasteiger partial charge on any atom is 0.344 e. The van der Waals surface area contributed by atoms with Gasteiger partial charge < -0.3 is 14.4 Å². The van der Waals surface area contributed by atoms with Crippen LogP contribution in [0.5, 0.6) is 5.75 Å². The second-order valence-electron chi connectivity index (χ2n) is 8.84. The van der Waals surface area contributed by atoms with E-state index in [1.165, 1.54) is 5.56 Å². The lowest BCUT2D eigenvalue weighted by Crippen LogP contribution is -2.25. The van der Waals surface area contributed by atoms with Crippen molar-refractivity contribution < 1.29 is 19.1 Å². The number of esters is 1. The van der Waals surface area contributed by atoms with E-state index in [9.17, 15) is 9.59 Å². The van der Waals surface area contributed by atoms with Crippen molar-refractivity contribution in [3.63, 3.8) is 0 Å². The number of fused-ring (bicyclic) bond motifs is 1. The van der Waals surface area contributed by atoms with Crippen LogP contribution in [0.3, 0.4) is 0 Å². The first kappa shape index (κ1) is 22.6. The van der Waals surface area contributed by atoms with Gasteiger partial charge in [0.2, 0.25) is 0 Å². The van der Waals surface area contributed by atoms with E-state index in [1.54, 1.807) is 6.08 Å². The molecule has 3 rings (SSSR count). The van der Waals surface area contributed by atoms with E-state index < -0.39 is 5.97 Å². The minimum Gasteiger partial charge on any atom is -0.482 e. The summed E-state index contributed by atoms with van der Waals surface area (Å²) in [5.41, 5.74) is 4.92. The van der Waals surface area contributed by atoms with Gasteiger partial charge >= 0.3 is 5.97 Å². The number of allylic oxidation sites excluding steroid dienone is 1. The molecule has 0 saturated heterocycles. The molecule has 5 heteroatoms. The zero-order valence-corrected chi connectivity index (χ0v) is 19.2. The predicted octanol–water partition coefficient (Wildman–Crippen LogP) is 4.92. The fraction of sp³-hybridized carbons (Fsp3) is 0.385. The van der Waals surface area contributed by atoms with E-state index in [0.29, 0.717) is 5.75 Å². The quantitative estimate of drug-likeness (QED) is 0.469. The molecular weight excluding hydrogens is 390 g/mol. The summed E-state index contributed by atoms with van der Waals surface area (Å²) in [6.07, 6.45) is 1.57. The molecule has 0 amide bonds. The SMILES string of the molecule is Cc1ccc(C(C)C)c(OCC(=O)OCC(=O)C=C2N(C)c3ccccc3C2(C)C)c1. The average molecular weight is 422 g/mol. The topological polar surface area (TPSA) is 55.8 Å². The maximum atomic E-state index is 12.5. The number of nitrogens with zero attached hydrogens (tertiary/aromatic N) is 1. The second-order valence-corrected chi connectivity index (χ2v) is 8.84. The lowest BCUT2D eigenvalue weighted by atomic mass is 9.83.